The second kappa shape index (κ2) is 3.64. The molecule has 1 aromatic carbocycles. The minimum absolute atomic E-state index is 0.0723. The first-order valence-electron chi connectivity index (χ1n) is 4.25. The lowest BCUT2D eigenvalue weighted by Crippen LogP contribution is -2.40. The van der Waals surface area contributed by atoms with Crippen LogP contribution in [0.15, 0.2) is 24.3 Å². The molecule has 0 bridgehead atoms. The zero-order valence-corrected chi connectivity index (χ0v) is 8.34. The van der Waals surface area contributed by atoms with E-state index in [1.807, 2.05) is 0 Å². The molecule has 0 amide bonds. The number of rotatable bonds is 3. The Morgan fingerprint density at radius 2 is 1.47 bits per heavy atom. The molecule has 0 saturated heterocycles. The van der Waals surface area contributed by atoms with Gasteiger partial charge in [0.25, 0.3) is 0 Å². The van der Waals surface area contributed by atoms with E-state index in [2.05, 4.69) is 0 Å². The molecule has 0 aliphatic heterocycles. The molecule has 0 saturated carbocycles. The van der Waals surface area contributed by atoms with Crippen LogP contribution in [0, 0.1) is 27.2 Å². The SMILES string of the molecule is Cc1ccc(C(C)([N+](=O)[O-])[N+](=O)[O-])cc1. The summed E-state index contributed by atoms with van der Waals surface area (Å²) in [6, 6.07) is 6.03. The Kier molecular flexibility index (Phi) is 2.69. The Morgan fingerprint density at radius 1 is 1.07 bits per heavy atom. The van der Waals surface area contributed by atoms with Gasteiger partial charge >= 0.3 is 5.66 Å². The van der Waals surface area contributed by atoms with Gasteiger partial charge in [0, 0.05) is 0 Å². The van der Waals surface area contributed by atoms with E-state index in [-0.39, 0.29) is 5.56 Å². The molecule has 0 heterocycles. The highest BCUT2D eigenvalue weighted by molar-refractivity contribution is 5.24. The van der Waals surface area contributed by atoms with Gasteiger partial charge < -0.3 is 0 Å². The fourth-order valence-electron chi connectivity index (χ4n) is 1.15. The predicted octanol–water partition coefficient (Wildman–Crippen LogP) is 1.72. The van der Waals surface area contributed by atoms with Crippen LogP contribution in [0.3, 0.4) is 0 Å². The molecule has 6 nitrogen and oxygen atoms in total. The lowest BCUT2D eigenvalue weighted by atomic mass is 10.0. The van der Waals surface area contributed by atoms with Gasteiger partial charge in [-0.1, -0.05) is 17.7 Å². The molecule has 6 heteroatoms. The van der Waals surface area contributed by atoms with Gasteiger partial charge in [0.15, 0.2) is 0 Å². The van der Waals surface area contributed by atoms with Gasteiger partial charge in [-0.15, -0.1) is 0 Å². The minimum atomic E-state index is -2.27. The first kappa shape index (κ1) is 11.1. The zero-order chi connectivity index (χ0) is 11.6. The summed E-state index contributed by atoms with van der Waals surface area (Å²) in [7, 11) is 0. The van der Waals surface area contributed by atoms with E-state index in [0.29, 0.717) is 0 Å². The van der Waals surface area contributed by atoms with Crippen LogP contribution in [-0.4, -0.2) is 9.85 Å². The minimum Gasteiger partial charge on any atom is -0.258 e. The molecule has 0 aromatic heterocycles. The lowest BCUT2D eigenvalue weighted by Gasteiger charge is -2.12. The molecule has 0 aliphatic rings. The molecule has 0 atom stereocenters. The van der Waals surface area contributed by atoms with Crippen LogP contribution < -0.4 is 0 Å². The van der Waals surface area contributed by atoms with Gasteiger partial charge in [-0.25, -0.2) is 0 Å². The normalized spacial score (nSPS) is 11.1. The molecule has 0 fully saturated rings. The first-order chi connectivity index (χ1) is 6.89. The van der Waals surface area contributed by atoms with Crippen molar-refractivity contribution in [3.8, 4) is 0 Å². The van der Waals surface area contributed by atoms with Crippen molar-refractivity contribution in [1.29, 1.82) is 0 Å². The summed E-state index contributed by atoms with van der Waals surface area (Å²) >= 11 is 0. The molecular weight excluding hydrogens is 200 g/mol. The maximum atomic E-state index is 10.7. The Hall–Kier alpha value is -1.98. The third-order valence-electron chi connectivity index (χ3n) is 2.31. The van der Waals surface area contributed by atoms with Crippen LogP contribution in [0.1, 0.15) is 18.1 Å². The third-order valence-corrected chi connectivity index (χ3v) is 2.31. The van der Waals surface area contributed by atoms with Crippen LogP contribution >= 0.6 is 0 Å². The van der Waals surface area contributed by atoms with Crippen molar-refractivity contribution < 1.29 is 9.85 Å². The molecule has 0 radical (unpaired) electrons. The predicted molar refractivity (Wildman–Crippen MR) is 52.5 cm³/mol. The van der Waals surface area contributed by atoms with Gasteiger partial charge in [0.05, 0.1) is 6.92 Å². The number of nitrogens with zero attached hydrogens (tertiary/aromatic N) is 2. The first-order valence-corrected chi connectivity index (χ1v) is 4.25. The highest BCUT2D eigenvalue weighted by Crippen LogP contribution is 2.25. The summed E-state index contributed by atoms with van der Waals surface area (Å²) in [5, 5.41) is 21.4. The highest BCUT2D eigenvalue weighted by atomic mass is 16.7. The lowest BCUT2D eigenvalue weighted by molar-refractivity contribution is -0.805. The molecule has 0 spiro atoms. The van der Waals surface area contributed by atoms with E-state index in [0.717, 1.165) is 12.5 Å². The highest BCUT2D eigenvalue weighted by Gasteiger charge is 2.52. The molecule has 0 aliphatic carbocycles. The van der Waals surface area contributed by atoms with Crippen molar-refractivity contribution in [1.82, 2.24) is 0 Å². The Bertz CT molecular complexity index is 385. The van der Waals surface area contributed by atoms with E-state index in [4.69, 9.17) is 0 Å². The zero-order valence-electron chi connectivity index (χ0n) is 8.34. The van der Waals surface area contributed by atoms with Crippen molar-refractivity contribution in [3.05, 3.63) is 55.6 Å². The fraction of sp³-hybridized carbons (Fsp3) is 0.333. The number of hydrogen-bond donors (Lipinski definition) is 0. The molecule has 1 aromatic rings. The average molecular weight is 210 g/mol. The average Bonchev–Trinajstić information content (AvgIpc) is 2.17. The number of aryl methyl sites for hydroxylation is 1. The molecular formula is C9H10N2O4. The van der Waals surface area contributed by atoms with Gasteiger partial charge in [-0.3, -0.25) is 20.2 Å². The van der Waals surface area contributed by atoms with Crippen LogP contribution in [0.5, 0.6) is 0 Å². The summed E-state index contributed by atoms with van der Waals surface area (Å²) in [6.45, 7) is 2.79. The standard InChI is InChI=1S/C9H10N2O4/c1-7-3-5-8(6-4-7)9(2,10(12)13)11(14)15/h3-6H,1-2H3. The van der Waals surface area contributed by atoms with Crippen molar-refractivity contribution in [2.75, 3.05) is 0 Å². The van der Waals surface area contributed by atoms with Crippen LogP contribution in [0.2, 0.25) is 0 Å². The van der Waals surface area contributed by atoms with Gasteiger partial charge in [0.1, 0.15) is 15.4 Å². The molecule has 0 N–H and O–H groups in total. The van der Waals surface area contributed by atoms with Crippen molar-refractivity contribution in [2.24, 2.45) is 0 Å². The Morgan fingerprint density at radius 3 is 1.80 bits per heavy atom. The summed E-state index contributed by atoms with van der Waals surface area (Å²) in [5.41, 5.74) is -1.30. The van der Waals surface area contributed by atoms with E-state index in [1.54, 1.807) is 19.1 Å². The van der Waals surface area contributed by atoms with Gasteiger partial charge in [0.2, 0.25) is 0 Å². The molecule has 0 unspecified atom stereocenters. The second-order valence-electron chi connectivity index (χ2n) is 3.40. The number of hydrogen-bond acceptors (Lipinski definition) is 4. The van der Waals surface area contributed by atoms with Crippen LogP contribution in [-0.2, 0) is 5.66 Å². The van der Waals surface area contributed by atoms with E-state index in [9.17, 15) is 20.2 Å². The summed E-state index contributed by atoms with van der Waals surface area (Å²) in [4.78, 5) is 19.6. The third kappa shape index (κ3) is 1.78. The largest absolute Gasteiger partial charge is 0.481 e. The number of benzene rings is 1. The summed E-state index contributed by atoms with van der Waals surface area (Å²) < 4.78 is 0. The molecule has 80 valence electrons. The Labute approximate surface area is 85.8 Å². The van der Waals surface area contributed by atoms with Crippen LogP contribution in [0.25, 0.3) is 0 Å². The fourth-order valence-corrected chi connectivity index (χ4v) is 1.15. The van der Waals surface area contributed by atoms with Gasteiger partial charge in [-0.2, -0.15) is 0 Å². The van der Waals surface area contributed by atoms with E-state index >= 15 is 0 Å². The topological polar surface area (TPSA) is 86.3 Å². The maximum absolute atomic E-state index is 10.7. The van der Waals surface area contributed by atoms with E-state index in [1.165, 1.54) is 12.1 Å². The maximum Gasteiger partial charge on any atom is 0.481 e. The van der Waals surface area contributed by atoms with E-state index < -0.39 is 15.5 Å². The monoisotopic (exact) mass is 210 g/mol. The smallest absolute Gasteiger partial charge is 0.258 e. The quantitative estimate of drug-likeness (QED) is 0.431. The van der Waals surface area contributed by atoms with Crippen LogP contribution in [0.4, 0.5) is 0 Å². The van der Waals surface area contributed by atoms with Crippen molar-refractivity contribution >= 4 is 0 Å². The molecule has 1 rings (SSSR count). The van der Waals surface area contributed by atoms with Crippen molar-refractivity contribution in [2.45, 2.75) is 19.5 Å². The van der Waals surface area contributed by atoms with Gasteiger partial charge in [-0.05, 0) is 19.1 Å². The molecule has 15 heavy (non-hydrogen) atoms. The second-order valence-corrected chi connectivity index (χ2v) is 3.40. The van der Waals surface area contributed by atoms with Crippen molar-refractivity contribution in [3.63, 3.8) is 0 Å². The Balaban J connectivity index is 3.28. The number of nitro groups is 2. The summed E-state index contributed by atoms with van der Waals surface area (Å²) in [6.07, 6.45) is 0. The summed E-state index contributed by atoms with van der Waals surface area (Å²) in [5.74, 6) is 0.